The summed E-state index contributed by atoms with van der Waals surface area (Å²) in [6.45, 7) is 0. The van der Waals surface area contributed by atoms with Crippen molar-refractivity contribution in [3.63, 3.8) is 0 Å². The van der Waals surface area contributed by atoms with E-state index in [4.69, 9.17) is 9.98 Å². The molecule has 2 heterocycles. The Hall–Kier alpha value is -8.44. The average Bonchev–Trinajstić information content (AvgIpc) is 3.79. The van der Waals surface area contributed by atoms with Crippen molar-refractivity contribution < 1.29 is 0 Å². The lowest BCUT2D eigenvalue weighted by atomic mass is 9.91. The summed E-state index contributed by atoms with van der Waals surface area (Å²) in [5, 5.41) is 13.9. The summed E-state index contributed by atoms with van der Waals surface area (Å²) in [6.07, 6.45) is -0.267. The second-order valence-electron chi connectivity index (χ2n) is 17.4. The van der Waals surface area contributed by atoms with Gasteiger partial charge in [-0.15, -0.1) is 11.3 Å². The maximum atomic E-state index is 5.16. The third kappa shape index (κ3) is 7.07. The minimum atomic E-state index is -0.267. The van der Waals surface area contributed by atoms with Crippen molar-refractivity contribution in [3.8, 4) is 44.5 Å². The lowest BCUT2D eigenvalue weighted by Crippen LogP contribution is -2.33. The molecule has 0 saturated heterocycles. The van der Waals surface area contributed by atoms with Crippen molar-refractivity contribution in [1.29, 1.82) is 0 Å². The molecule has 0 bridgehead atoms. The maximum absolute atomic E-state index is 5.16. The molecule has 12 aromatic rings. The zero-order chi connectivity index (χ0) is 44.3. The molecule has 3 nitrogen and oxygen atoms in total. The van der Waals surface area contributed by atoms with E-state index in [0.717, 1.165) is 22.5 Å². The van der Waals surface area contributed by atoms with Gasteiger partial charge in [0.15, 0.2) is 5.84 Å². The third-order valence-corrected chi connectivity index (χ3v) is 14.5. The molecule has 0 amide bonds. The van der Waals surface area contributed by atoms with E-state index in [1.165, 1.54) is 97.0 Å². The predicted molar refractivity (Wildman–Crippen MR) is 285 cm³/mol. The van der Waals surface area contributed by atoms with Gasteiger partial charge in [0.25, 0.3) is 0 Å². The van der Waals surface area contributed by atoms with Crippen LogP contribution in [0.15, 0.2) is 247 Å². The van der Waals surface area contributed by atoms with Crippen LogP contribution < -0.4 is 5.32 Å². The van der Waals surface area contributed by atoms with Crippen LogP contribution in [0, 0.1) is 0 Å². The molecule has 0 fully saturated rings. The van der Waals surface area contributed by atoms with E-state index in [1.807, 2.05) is 23.5 Å². The number of nitrogens with zero attached hydrogens (tertiary/aromatic N) is 2. The summed E-state index contributed by atoms with van der Waals surface area (Å²) in [4.78, 5) is 10.3. The van der Waals surface area contributed by atoms with Crippen molar-refractivity contribution in [2.75, 3.05) is 0 Å². The highest BCUT2D eigenvalue weighted by atomic mass is 32.1. The van der Waals surface area contributed by atoms with Crippen LogP contribution in [0.25, 0.3) is 97.0 Å². The van der Waals surface area contributed by atoms with E-state index in [0.29, 0.717) is 5.84 Å². The molecule has 1 atom stereocenters. The molecule has 0 spiro atoms. The summed E-state index contributed by atoms with van der Waals surface area (Å²) < 4.78 is 2.49. The number of rotatable bonds is 7. The Morgan fingerprint density at radius 1 is 0.299 bits per heavy atom. The van der Waals surface area contributed by atoms with Crippen LogP contribution in [0.4, 0.5) is 0 Å². The maximum Gasteiger partial charge on any atom is 0.159 e. The first kappa shape index (κ1) is 39.0. The summed E-state index contributed by atoms with van der Waals surface area (Å²) in [7, 11) is 0. The standard InChI is InChI=1S/C63H41N3S/c1-3-13-40(14-4-1)41-25-27-43(28-26-41)62-64-61(42-15-5-2-6-16-42)65-63(66-62)50-30-33-56-58-38-49(31-34-59(58)67-60(56)39-50)47-20-12-18-45(36-47)44-17-11-19-46(35-44)48-29-32-55-53-23-8-7-21-51(53)52-22-9-10-24-54(52)57(55)37-48/h1-39,61H,(H,64,65,66). The van der Waals surface area contributed by atoms with Crippen LogP contribution in [0.5, 0.6) is 0 Å². The van der Waals surface area contributed by atoms with E-state index >= 15 is 0 Å². The molecular weight excluding hydrogens is 831 g/mol. The lowest BCUT2D eigenvalue weighted by Gasteiger charge is -2.23. The van der Waals surface area contributed by atoms with Gasteiger partial charge < -0.3 is 5.32 Å². The molecule has 0 saturated carbocycles. The Morgan fingerprint density at radius 2 is 0.746 bits per heavy atom. The van der Waals surface area contributed by atoms with Crippen molar-refractivity contribution in [1.82, 2.24) is 5.32 Å². The van der Waals surface area contributed by atoms with Crippen molar-refractivity contribution in [3.05, 3.63) is 253 Å². The van der Waals surface area contributed by atoms with E-state index in [2.05, 4.69) is 230 Å². The fourth-order valence-electron chi connectivity index (χ4n) is 9.92. The normalized spacial score (nSPS) is 13.8. The zero-order valence-electron chi connectivity index (χ0n) is 36.4. The van der Waals surface area contributed by atoms with Crippen LogP contribution >= 0.6 is 11.3 Å². The Labute approximate surface area is 392 Å². The molecule has 11 aromatic carbocycles. The van der Waals surface area contributed by atoms with E-state index in [9.17, 15) is 0 Å². The number of amidine groups is 2. The molecular formula is C63H41N3S. The molecule has 67 heavy (non-hydrogen) atoms. The number of fused-ring (bicyclic) bond motifs is 9. The summed E-state index contributed by atoms with van der Waals surface area (Å²) >= 11 is 1.83. The Balaban J connectivity index is 0.816. The molecule has 1 aromatic heterocycles. The van der Waals surface area contributed by atoms with E-state index in [1.54, 1.807) is 0 Å². The first-order valence-corrected chi connectivity index (χ1v) is 23.6. The van der Waals surface area contributed by atoms with Gasteiger partial charge in [0.1, 0.15) is 12.0 Å². The van der Waals surface area contributed by atoms with Crippen LogP contribution in [0.1, 0.15) is 22.9 Å². The van der Waals surface area contributed by atoms with Crippen molar-refractivity contribution in [2.45, 2.75) is 6.17 Å². The minimum Gasteiger partial charge on any atom is -0.344 e. The van der Waals surface area contributed by atoms with Gasteiger partial charge in [-0.2, -0.15) is 0 Å². The van der Waals surface area contributed by atoms with Gasteiger partial charge in [-0.25, -0.2) is 9.98 Å². The fraction of sp³-hybridized carbons (Fsp3) is 0.0159. The largest absolute Gasteiger partial charge is 0.344 e. The van der Waals surface area contributed by atoms with Crippen LogP contribution in [-0.4, -0.2) is 11.7 Å². The number of nitrogens with one attached hydrogen (secondary N) is 1. The molecule has 314 valence electrons. The number of hydrogen-bond donors (Lipinski definition) is 1. The summed E-state index contributed by atoms with van der Waals surface area (Å²) in [5.74, 6) is 1.53. The van der Waals surface area contributed by atoms with E-state index < -0.39 is 0 Å². The Morgan fingerprint density at radius 3 is 1.39 bits per heavy atom. The second kappa shape index (κ2) is 16.2. The highest BCUT2D eigenvalue weighted by Crippen LogP contribution is 2.40. The molecule has 13 rings (SSSR count). The molecule has 0 aliphatic carbocycles. The smallest absolute Gasteiger partial charge is 0.159 e. The highest BCUT2D eigenvalue weighted by molar-refractivity contribution is 7.25. The second-order valence-corrected chi connectivity index (χ2v) is 18.4. The van der Waals surface area contributed by atoms with Gasteiger partial charge in [-0.05, 0) is 119 Å². The summed E-state index contributed by atoms with van der Waals surface area (Å²) in [6, 6.07) is 85.5. The van der Waals surface area contributed by atoms with E-state index in [-0.39, 0.29) is 6.17 Å². The van der Waals surface area contributed by atoms with Gasteiger partial charge in [0, 0.05) is 31.3 Å². The van der Waals surface area contributed by atoms with Crippen molar-refractivity contribution in [2.24, 2.45) is 9.98 Å². The first-order chi connectivity index (χ1) is 33.2. The fourth-order valence-corrected chi connectivity index (χ4v) is 11.0. The number of hydrogen-bond acceptors (Lipinski definition) is 4. The topological polar surface area (TPSA) is 36.8 Å². The van der Waals surface area contributed by atoms with Crippen LogP contribution in [0.2, 0.25) is 0 Å². The monoisotopic (exact) mass is 871 g/mol. The van der Waals surface area contributed by atoms with Crippen molar-refractivity contribution >= 4 is 75.5 Å². The van der Waals surface area contributed by atoms with Gasteiger partial charge in [-0.1, -0.05) is 200 Å². The molecule has 1 aliphatic heterocycles. The van der Waals surface area contributed by atoms with Gasteiger partial charge in [0.05, 0.1) is 0 Å². The van der Waals surface area contributed by atoms with Gasteiger partial charge in [-0.3, -0.25) is 0 Å². The SMILES string of the molecule is c1ccc(-c2ccc(C3=NC(c4ccccc4)NC(c4ccc5c(c4)sc4ccc(-c6cccc(-c7cccc(-c8ccc9c%10ccccc%10c%10ccccc%10c9c8)c7)c6)cc45)=N3)cc2)cc1. The lowest BCUT2D eigenvalue weighted by molar-refractivity contribution is 0.674. The molecule has 4 heteroatoms. The Bertz CT molecular complexity index is 3910. The minimum absolute atomic E-state index is 0.267. The zero-order valence-corrected chi connectivity index (χ0v) is 37.2. The Kier molecular flexibility index (Phi) is 9.43. The third-order valence-electron chi connectivity index (χ3n) is 13.3. The van der Waals surface area contributed by atoms with Gasteiger partial charge in [0.2, 0.25) is 0 Å². The highest BCUT2D eigenvalue weighted by Gasteiger charge is 2.22. The van der Waals surface area contributed by atoms with Crippen LogP contribution in [-0.2, 0) is 0 Å². The van der Waals surface area contributed by atoms with Gasteiger partial charge >= 0.3 is 0 Å². The quantitative estimate of drug-likeness (QED) is 0.159. The average molecular weight is 872 g/mol. The molecule has 0 radical (unpaired) electrons. The number of aliphatic imine (C=N–C) groups is 2. The predicted octanol–water partition coefficient (Wildman–Crippen LogP) is 16.7. The number of thiophene rings is 1. The van der Waals surface area contributed by atoms with Crippen LogP contribution in [0.3, 0.4) is 0 Å². The molecule has 1 unspecified atom stereocenters. The molecule has 1 N–H and O–H groups in total. The molecule has 1 aliphatic rings. The summed E-state index contributed by atoms with van der Waals surface area (Å²) in [5.41, 5.74) is 12.7. The first-order valence-electron chi connectivity index (χ1n) is 22.8. The number of benzene rings is 11.